The summed E-state index contributed by atoms with van der Waals surface area (Å²) in [5, 5.41) is 18.4. The molecule has 4 nitrogen and oxygen atoms in total. The number of carboxylic acids is 1. The van der Waals surface area contributed by atoms with E-state index in [1.807, 2.05) is 26.0 Å². The lowest BCUT2D eigenvalue weighted by Crippen LogP contribution is -2.03. The number of benzene rings is 1. The van der Waals surface area contributed by atoms with Crippen LogP contribution in [0.5, 0.6) is 5.75 Å². The second-order valence-electron chi connectivity index (χ2n) is 4.32. The molecule has 2 N–H and O–H groups in total. The highest BCUT2D eigenvalue weighted by Gasteiger charge is 2.11. The van der Waals surface area contributed by atoms with E-state index < -0.39 is 12.1 Å². The number of ether oxygens (including phenoxy) is 1. The van der Waals surface area contributed by atoms with Gasteiger partial charge in [0.2, 0.25) is 0 Å². The largest absolute Gasteiger partial charge is 0.493 e. The summed E-state index contributed by atoms with van der Waals surface area (Å²) in [7, 11) is 0. The Hall–Kier alpha value is -1.55. The van der Waals surface area contributed by atoms with Crippen LogP contribution in [0, 0.1) is 6.92 Å². The Labute approximate surface area is 107 Å². The molecule has 0 fully saturated rings. The first kappa shape index (κ1) is 14.5. The summed E-state index contributed by atoms with van der Waals surface area (Å²) in [6.45, 7) is 4.62. The van der Waals surface area contributed by atoms with Crippen molar-refractivity contribution >= 4 is 5.97 Å². The average Bonchev–Trinajstić information content (AvgIpc) is 2.34. The SMILES string of the molecule is CCCOc1ccc(C(O)CCC(=O)O)cc1C. The Bertz CT molecular complexity index is 401. The number of carboxylic acid groups (broad SMARTS) is 1. The zero-order valence-corrected chi connectivity index (χ0v) is 10.8. The third-order valence-electron chi connectivity index (χ3n) is 2.68. The molecule has 0 amide bonds. The number of aliphatic hydroxyl groups is 1. The fourth-order valence-corrected chi connectivity index (χ4v) is 1.68. The van der Waals surface area contributed by atoms with Crippen molar-refractivity contribution in [2.24, 2.45) is 0 Å². The molecular weight excluding hydrogens is 232 g/mol. The quantitative estimate of drug-likeness (QED) is 0.783. The van der Waals surface area contributed by atoms with Gasteiger partial charge in [0.1, 0.15) is 5.75 Å². The molecule has 0 aromatic heterocycles. The number of hydrogen-bond donors (Lipinski definition) is 2. The number of aliphatic carboxylic acids is 1. The number of carbonyl (C=O) groups is 1. The van der Waals surface area contributed by atoms with Crippen LogP contribution in [0.2, 0.25) is 0 Å². The van der Waals surface area contributed by atoms with Crippen molar-refractivity contribution in [3.05, 3.63) is 29.3 Å². The van der Waals surface area contributed by atoms with Gasteiger partial charge in [0.05, 0.1) is 12.7 Å². The van der Waals surface area contributed by atoms with Crippen molar-refractivity contribution < 1.29 is 19.7 Å². The molecule has 0 saturated carbocycles. The minimum atomic E-state index is -0.895. The number of aryl methyl sites for hydroxylation is 1. The van der Waals surface area contributed by atoms with Gasteiger partial charge in [-0.15, -0.1) is 0 Å². The molecule has 1 aromatic carbocycles. The van der Waals surface area contributed by atoms with E-state index in [9.17, 15) is 9.90 Å². The van der Waals surface area contributed by atoms with Crippen molar-refractivity contribution in [2.45, 2.75) is 39.2 Å². The third-order valence-corrected chi connectivity index (χ3v) is 2.68. The Morgan fingerprint density at radius 2 is 2.17 bits per heavy atom. The van der Waals surface area contributed by atoms with Crippen molar-refractivity contribution in [1.29, 1.82) is 0 Å². The third kappa shape index (κ3) is 4.37. The van der Waals surface area contributed by atoms with Gasteiger partial charge in [-0.2, -0.15) is 0 Å². The van der Waals surface area contributed by atoms with Gasteiger partial charge < -0.3 is 14.9 Å². The van der Waals surface area contributed by atoms with Crippen molar-refractivity contribution in [2.75, 3.05) is 6.61 Å². The first-order chi connectivity index (χ1) is 8.54. The highest BCUT2D eigenvalue weighted by molar-refractivity contribution is 5.66. The minimum Gasteiger partial charge on any atom is -0.493 e. The fourth-order valence-electron chi connectivity index (χ4n) is 1.68. The zero-order valence-electron chi connectivity index (χ0n) is 10.8. The summed E-state index contributed by atoms with van der Waals surface area (Å²) in [6, 6.07) is 5.45. The summed E-state index contributed by atoms with van der Waals surface area (Å²) in [5.74, 6) is -0.0836. The monoisotopic (exact) mass is 252 g/mol. The predicted molar refractivity (Wildman–Crippen MR) is 68.8 cm³/mol. The van der Waals surface area contributed by atoms with Crippen LogP contribution in [0.15, 0.2) is 18.2 Å². The molecule has 100 valence electrons. The van der Waals surface area contributed by atoms with Crippen LogP contribution in [0.1, 0.15) is 43.4 Å². The maximum atomic E-state index is 10.4. The Balaban J connectivity index is 2.67. The minimum absolute atomic E-state index is 0.0334. The van der Waals surface area contributed by atoms with E-state index in [1.165, 1.54) is 0 Å². The summed E-state index contributed by atoms with van der Waals surface area (Å²) >= 11 is 0. The lowest BCUT2D eigenvalue weighted by molar-refractivity contribution is -0.137. The van der Waals surface area contributed by atoms with Crippen LogP contribution in [0.25, 0.3) is 0 Å². The number of hydrogen-bond acceptors (Lipinski definition) is 3. The van der Waals surface area contributed by atoms with Gasteiger partial charge in [0.15, 0.2) is 0 Å². The molecule has 0 bridgehead atoms. The highest BCUT2D eigenvalue weighted by Crippen LogP contribution is 2.25. The van der Waals surface area contributed by atoms with E-state index in [0.717, 1.165) is 23.3 Å². The molecule has 0 aliphatic carbocycles. The molecular formula is C14H20O4. The van der Waals surface area contributed by atoms with Gasteiger partial charge in [0, 0.05) is 6.42 Å². The smallest absolute Gasteiger partial charge is 0.303 e. The molecule has 1 unspecified atom stereocenters. The molecule has 1 aromatic rings. The van der Waals surface area contributed by atoms with Crippen LogP contribution in [-0.2, 0) is 4.79 Å². The van der Waals surface area contributed by atoms with E-state index >= 15 is 0 Å². The molecule has 0 aliphatic rings. The van der Waals surface area contributed by atoms with Crippen molar-refractivity contribution in [3.8, 4) is 5.75 Å². The maximum Gasteiger partial charge on any atom is 0.303 e. The van der Waals surface area contributed by atoms with Gasteiger partial charge in [-0.25, -0.2) is 0 Å². The molecule has 0 spiro atoms. The van der Waals surface area contributed by atoms with Crippen LogP contribution < -0.4 is 4.74 Å². The molecule has 4 heteroatoms. The topological polar surface area (TPSA) is 66.8 Å². The lowest BCUT2D eigenvalue weighted by Gasteiger charge is -2.13. The van der Waals surface area contributed by atoms with Gasteiger partial charge in [-0.1, -0.05) is 13.0 Å². The van der Waals surface area contributed by atoms with E-state index in [1.54, 1.807) is 6.07 Å². The maximum absolute atomic E-state index is 10.4. The summed E-state index contributed by atoms with van der Waals surface area (Å²) in [4.78, 5) is 10.4. The fraction of sp³-hybridized carbons (Fsp3) is 0.500. The van der Waals surface area contributed by atoms with Crippen LogP contribution in [-0.4, -0.2) is 22.8 Å². The second kappa shape index (κ2) is 7.01. The predicted octanol–water partition coefficient (Wildman–Crippen LogP) is 2.68. The van der Waals surface area contributed by atoms with E-state index in [4.69, 9.17) is 9.84 Å². The average molecular weight is 252 g/mol. The molecule has 0 heterocycles. The summed E-state index contributed by atoms with van der Waals surface area (Å²) in [5.41, 5.74) is 1.69. The second-order valence-corrected chi connectivity index (χ2v) is 4.32. The van der Waals surface area contributed by atoms with E-state index in [2.05, 4.69) is 0 Å². The first-order valence-electron chi connectivity index (χ1n) is 6.17. The zero-order chi connectivity index (χ0) is 13.5. The molecule has 0 aliphatic heterocycles. The van der Waals surface area contributed by atoms with Crippen LogP contribution in [0.3, 0.4) is 0 Å². The standard InChI is InChI=1S/C14H20O4/c1-3-8-18-13-6-4-11(9-10(13)2)12(15)5-7-14(16)17/h4,6,9,12,15H,3,5,7-8H2,1-2H3,(H,16,17). The van der Waals surface area contributed by atoms with E-state index in [-0.39, 0.29) is 12.8 Å². The molecule has 0 radical (unpaired) electrons. The number of rotatable bonds is 7. The van der Waals surface area contributed by atoms with Gasteiger partial charge >= 0.3 is 5.97 Å². The van der Waals surface area contributed by atoms with Crippen molar-refractivity contribution in [1.82, 2.24) is 0 Å². The van der Waals surface area contributed by atoms with Gasteiger partial charge in [-0.3, -0.25) is 4.79 Å². The Kier molecular flexibility index (Phi) is 5.65. The summed E-state index contributed by atoms with van der Waals surface area (Å²) < 4.78 is 5.54. The van der Waals surface area contributed by atoms with Crippen LogP contribution in [0.4, 0.5) is 0 Å². The van der Waals surface area contributed by atoms with Crippen molar-refractivity contribution in [3.63, 3.8) is 0 Å². The molecule has 0 saturated heterocycles. The Morgan fingerprint density at radius 3 is 2.72 bits per heavy atom. The van der Waals surface area contributed by atoms with Gasteiger partial charge in [-0.05, 0) is 43.0 Å². The molecule has 1 atom stereocenters. The Morgan fingerprint density at radius 1 is 1.44 bits per heavy atom. The number of aliphatic hydroxyl groups excluding tert-OH is 1. The van der Waals surface area contributed by atoms with E-state index in [0.29, 0.717) is 6.61 Å². The molecule has 1 rings (SSSR count). The highest BCUT2D eigenvalue weighted by atomic mass is 16.5. The summed E-state index contributed by atoms with van der Waals surface area (Å²) in [6.07, 6.45) is 0.403. The first-order valence-corrected chi connectivity index (χ1v) is 6.17. The van der Waals surface area contributed by atoms with Crippen LogP contribution >= 0.6 is 0 Å². The normalized spacial score (nSPS) is 12.2. The van der Waals surface area contributed by atoms with Gasteiger partial charge in [0.25, 0.3) is 0 Å². The molecule has 18 heavy (non-hydrogen) atoms. The lowest BCUT2D eigenvalue weighted by atomic mass is 10.0.